The summed E-state index contributed by atoms with van der Waals surface area (Å²) < 4.78 is 20.0. The molecule has 0 amide bonds. The Kier molecular flexibility index (Phi) is 3.92. The lowest BCUT2D eigenvalue weighted by atomic mass is 9.96. The molecule has 0 unspecified atom stereocenters. The third kappa shape index (κ3) is 2.73. The van der Waals surface area contributed by atoms with Crippen LogP contribution < -0.4 is 5.32 Å². The van der Waals surface area contributed by atoms with E-state index in [-0.39, 0.29) is 12.4 Å². The molecule has 0 aliphatic carbocycles. The summed E-state index contributed by atoms with van der Waals surface area (Å²) in [6, 6.07) is 5.38. The molecule has 0 fully saturated rings. The fraction of sp³-hybridized carbons (Fsp3) is 0.188. The molecular formula is C16H15FN4O2. The highest BCUT2D eigenvalue weighted by atomic mass is 19.1. The van der Waals surface area contributed by atoms with Crippen LogP contribution in [0.5, 0.6) is 0 Å². The number of allylic oxidation sites excluding steroid dienone is 1. The van der Waals surface area contributed by atoms with E-state index < -0.39 is 12.0 Å². The van der Waals surface area contributed by atoms with E-state index in [1.54, 1.807) is 23.7 Å². The summed E-state index contributed by atoms with van der Waals surface area (Å²) in [4.78, 5) is 16.6. The van der Waals surface area contributed by atoms with Crippen LogP contribution in [0.1, 0.15) is 18.5 Å². The predicted octanol–water partition coefficient (Wildman–Crippen LogP) is 2.44. The van der Waals surface area contributed by atoms with Gasteiger partial charge in [0, 0.05) is 5.70 Å². The zero-order valence-corrected chi connectivity index (χ0v) is 12.5. The van der Waals surface area contributed by atoms with Gasteiger partial charge in [0.15, 0.2) is 0 Å². The largest absolute Gasteiger partial charge is 0.458 e. The van der Waals surface area contributed by atoms with Gasteiger partial charge >= 0.3 is 5.97 Å². The van der Waals surface area contributed by atoms with Crippen LogP contribution in [0.15, 0.2) is 54.5 Å². The van der Waals surface area contributed by atoms with Crippen LogP contribution in [0.3, 0.4) is 0 Å². The molecule has 1 aliphatic heterocycles. The number of halogens is 1. The molecule has 1 atom stereocenters. The normalized spacial score (nSPS) is 16.5. The number of ether oxygens (including phenoxy) is 1. The molecule has 2 aromatic rings. The van der Waals surface area contributed by atoms with Crippen molar-refractivity contribution in [2.75, 3.05) is 11.9 Å². The van der Waals surface area contributed by atoms with E-state index in [4.69, 9.17) is 4.74 Å². The van der Waals surface area contributed by atoms with Crippen LogP contribution in [0.2, 0.25) is 0 Å². The van der Waals surface area contributed by atoms with Gasteiger partial charge in [0.25, 0.3) is 0 Å². The van der Waals surface area contributed by atoms with Gasteiger partial charge in [-0.2, -0.15) is 10.1 Å². The Morgan fingerprint density at radius 1 is 1.48 bits per heavy atom. The highest BCUT2D eigenvalue weighted by molar-refractivity contribution is 5.92. The molecule has 0 radical (unpaired) electrons. The van der Waals surface area contributed by atoms with Gasteiger partial charge in [-0.1, -0.05) is 24.8 Å². The summed E-state index contributed by atoms with van der Waals surface area (Å²) in [6.45, 7) is 5.40. The summed E-state index contributed by atoms with van der Waals surface area (Å²) in [7, 11) is 0. The zero-order chi connectivity index (χ0) is 16.4. The lowest BCUT2D eigenvalue weighted by Crippen LogP contribution is -2.29. The first-order valence-corrected chi connectivity index (χ1v) is 7.02. The van der Waals surface area contributed by atoms with Gasteiger partial charge in [-0.3, -0.25) is 0 Å². The zero-order valence-electron chi connectivity index (χ0n) is 12.5. The number of aromatic nitrogens is 3. The molecule has 2 heterocycles. The van der Waals surface area contributed by atoms with E-state index >= 15 is 0 Å². The average Bonchev–Trinajstić information content (AvgIpc) is 3.00. The first kappa shape index (κ1) is 15.0. The van der Waals surface area contributed by atoms with E-state index in [1.807, 2.05) is 0 Å². The minimum absolute atomic E-state index is 0.107. The predicted molar refractivity (Wildman–Crippen MR) is 82.0 cm³/mol. The Hall–Kier alpha value is -2.96. The number of anilines is 1. The van der Waals surface area contributed by atoms with Gasteiger partial charge in [0.05, 0.1) is 5.57 Å². The number of hydrogen-bond donors (Lipinski definition) is 1. The Morgan fingerprint density at radius 3 is 2.91 bits per heavy atom. The van der Waals surface area contributed by atoms with Gasteiger partial charge in [-0.25, -0.2) is 13.9 Å². The molecular weight excluding hydrogens is 299 g/mol. The first-order chi connectivity index (χ1) is 11.1. The number of nitrogens with zero attached hydrogens (tertiary/aromatic N) is 3. The molecule has 3 rings (SSSR count). The number of rotatable bonds is 4. The number of hydrogen-bond acceptors (Lipinski definition) is 5. The smallest absolute Gasteiger partial charge is 0.338 e. The van der Waals surface area contributed by atoms with Gasteiger partial charge in [0.2, 0.25) is 5.95 Å². The molecule has 0 saturated heterocycles. The molecule has 0 saturated carbocycles. The molecule has 118 valence electrons. The Balaban J connectivity index is 2.08. The van der Waals surface area contributed by atoms with E-state index in [0.717, 1.165) is 0 Å². The third-order valence-corrected chi connectivity index (χ3v) is 3.53. The summed E-state index contributed by atoms with van der Waals surface area (Å²) in [6.07, 6.45) is 2.89. The minimum Gasteiger partial charge on any atom is -0.458 e. The van der Waals surface area contributed by atoms with Crippen molar-refractivity contribution in [1.29, 1.82) is 0 Å². The lowest BCUT2D eigenvalue weighted by molar-refractivity contribution is -0.138. The summed E-state index contributed by atoms with van der Waals surface area (Å²) >= 11 is 0. The topological polar surface area (TPSA) is 69.0 Å². The number of fused-ring (bicyclic) bond motifs is 1. The number of nitrogens with one attached hydrogen (secondary N) is 1. The lowest BCUT2D eigenvalue weighted by Gasteiger charge is -2.28. The van der Waals surface area contributed by atoms with E-state index in [2.05, 4.69) is 22.0 Å². The molecule has 0 bridgehead atoms. The first-order valence-electron chi connectivity index (χ1n) is 7.02. The maximum atomic E-state index is 13.2. The maximum absolute atomic E-state index is 13.2. The van der Waals surface area contributed by atoms with Crippen LogP contribution >= 0.6 is 0 Å². The van der Waals surface area contributed by atoms with E-state index in [9.17, 15) is 9.18 Å². The Labute approximate surface area is 132 Å². The monoisotopic (exact) mass is 314 g/mol. The molecule has 23 heavy (non-hydrogen) atoms. The SMILES string of the molecule is C=CCOC(=O)C1=C(C)Nc2ncnn2[C@@H]1c1ccc(F)cc1. The molecule has 1 aromatic carbocycles. The van der Waals surface area contributed by atoms with Gasteiger partial charge in [-0.05, 0) is 24.6 Å². The van der Waals surface area contributed by atoms with Crippen molar-refractivity contribution in [2.24, 2.45) is 0 Å². The van der Waals surface area contributed by atoms with Crippen LogP contribution in [-0.2, 0) is 9.53 Å². The highest BCUT2D eigenvalue weighted by Crippen LogP contribution is 2.35. The molecule has 1 N–H and O–H groups in total. The summed E-state index contributed by atoms with van der Waals surface area (Å²) in [5.41, 5.74) is 1.73. The number of carbonyl (C=O) groups excluding carboxylic acids is 1. The van der Waals surface area contributed by atoms with Crippen LogP contribution in [0.4, 0.5) is 10.3 Å². The quantitative estimate of drug-likeness (QED) is 0.693. The van der Waals surface area contributed by atoms with Crippen LogP contribution in [0.25, 0.3) is 0 Å². The van der Waals surface area contributed by atoms with E-state index in [1.165, 1.54) is 24.5 Å². The van der Waals surface area contributed by atoms with Gasteiger partial charge in [0.1, 0.15) is 24.8 Å². The number of esters is 1. The van der Waals surface area contributed by atoms with Crippen molar-refractivity contribution in [3.05, 3.63) is 65.9 Å². The second-order valence-electron chi connectivity index (χ2n) is 5.03. The molecule has 1 aliphatic rings. The second kappa shape index (κ2) is 6.04. The van der Waals surface area contributed by atoms with Crippen LogP contribution in [0, 0.1) is 5.82 Å². The fourth-order valence-electron chi connectivity index (χ4n) is 2.52. The molecule has 7 heteroatoms. The standard InChI is InChI=1S/C16H15FN4O2/c1-3-8-23-15(22)13-10(2)20-16-18-9-19-21(16)14(13)11-4-6-12(17)7-5-11/h3-7,9,14H,1,8H2,2H3,(H,18,19,20)/t14-/m1/s1. The number of benzene rings is 1. The fourth-order valence-corrected chi connectivity index (χ4v) is 2.52. The Bertz CT molecular complexity index is 780. The van der Waals surface area contributed by atoms with Crippen molar-refractivity contribution in [3.8, 4) is 0 Å². The molecule has 6 nitrogen and oxygen atoms in total. The Morgan fingerprint density at radius 2 is 2.22 bits per heavy atom. The van der Waals surface area contributed by atoms with Crippen molar-refractivity contribution in [3.63, 3.8) is 0 Å². The highest BCUT2D eigenvalue weighted by Gasteiger charge is 2.34. The number of carbonyl (C=O) groups is 1. The van der Waals surface area contributed by atoms with Gasteiger partial charge in [-0.15, -0.1) is 0 Å². The van der Waals surface area contributed by atoms with E-state index in [0.29, 0.717) is 22.8 Å². The average molecular weight is 314 g/mol. The third-order valence-electron chi connectivity index (χ3n) is 3.53. The van der Waals surface area contributed by atoms with Crippen molar-refractivity contribution in [2.45, 2.75) is 13.0 Å². The van der Waals surface area contributed by atoms with Crippen molar-refractivity contribution < 1.29 is 13.9 Å². The minimum atomic E-state index is -0.535. The molecule has 1 aromatic heterocycles. The van der Waals surface area contributed by atoms with Crippen LogP contribution in [-0.4, -0.2) is 27.3 Å². The summed E-state index contributed by atoms with van der Waals surface area (Å²) in [5, 5.41) is 7.20. The maximum Gasteiger partial charge on any atom is 0.338 e. The summed E-state index contributed by atoms with van der Waals surface area (Å²) in [5.74, 6) is -0.319. The van der Waals surface area contributed by atoms with Gasteiger partial charge < -0.3 is 10.1 Å². The molecule has 0 spiro atoms. The van der Waals surface area contributed by atoms with Crippen molar-refractivity contribution >= 4 is 11.9 Å². The van der Waals surface area contributed by atoms with Crippen molar-refractivity contribution in [1.82, 2.24) is 14.8 Å². The second-order valence-corrected chi connectivity index (χ2v) is 5.03.